The van der Waals surface area contributed by atoms with E-state index in [1.807, 2.05) is 23.6 Å². The number of benzene rings is 1. The molecule has 0 atom stereocenters. The van der Waals surface area contributed by atoms with Crippen LogP contribution in [0.25, 0.3) is 0 Å². The van der Waals surface area contributed by atoms with Crippen molar-refractivity contribution >= 4 is 33.2 Å². The van der Waals surface area contributed by atoms with Gasteiger partial charge >= 0.3 is 0 Å². The number of rotatable bonds is 7. The van der Waals surface area contributed by atoms with E-state index in [1.165, 1.54) is 4.88 Å². The summed E-state index contributed by atoms with van der Waals surface area (Å²) in [5.74, 6) is 1.24. The minimum Gasteiger partial charge on any atom is -0.493 e. The van der Waals surface area contributed by atoms with Crippen molar-refractivity contribution in [3.05, 3.63) is 44.6 Å². The van der Waals surface area contributed by atoms with Crippen LogP contribution in [0.3, 0.4) is 0 Å². The highest BCUT2D eigenvalue weighted by Gasteiger charge is 2.12. The molecule has 2 rings (SSSR count). The summed E-state index contributed by atoms with van der Waals surface area (Å²) < 4.78 is 11.3. The van der Waals surface area contributed by atoms with E-state index in [4.69, 9.17) is 9.47 Å². The summed E-state index contributed by atoms with van der Waals surface area (Å²) in [5.41, 5.74) is 0.867. The summed E-state index contributed by atoms with van der Waals surface area (Å²) in [5, 5.41) is 4.98. The number of amides is 1. The van der Waals surface area contributed by atoms with Gasteiger partial charge in [-0.1, -0.05) is 22.0 Å². The van der Waals surface area contributed by atoms with Crippen LogP contribution < -0.4 is 14.8 Å². The van der Waals surface area contributed by atoms with Gasteiger partial charge in [0.1, 0.15) is 0 Å². The summed E-state index contributed by atoms with van der Waals surface area (Å²) in [4.78, 5) is 13.3. The van der Waals surface area contributed by atoms with Gasteiger partial charge < -0.3 is 14.8 Å². The Balaban J connectivity index is 1.93. The fourth-order valence-corrected chi connectivity index (χ4v) is 3.22. The number of hydrogen-bond acceptors (Lipinski definition) is 4. The topological polar surface area (TPSA) is 47.6 Å². The van der Waals surface area contributed by atoms with Gasteiger partial charge in [0.05, 0.1) is 20.6 Å². The molecule has 4 nitrogen and oxygen atoms in total. The Morgan fingerprint density at radius 2 is 2.00 bits per heavy atom. The number of carbonyl (C=O) groups is 1. The molecule has 118 valence electrons. The van der Waals surface area contributed by atoms with Crippen LogP contribution in [-0.4, -0.2) is 26.7 Å². The average Bonchev–Trinajstić information content (AvgIpc) is 3.02. The molecule has 2 aromatic rings. The Morgan fingerprint density at radius 1 is 1.27 bits per heavy atom. The minimum absolute atomic E-state index is 0.00974. The number of thiophene rings is 1. The van der Waals surface area contributed by atoms with E-state index in [-0.39, 0.29) is 5.91 Å². The van der Waals surface area contributed by atoms with Gasteiger partial charge in [-0.25, -0.2) is 0 Å². The SMILES string of the molecule is COc1cc(Br)c(CC(=O)NCCc2cccs2)cc1OC. The first-order valence-corrected chi connectivity index (χ1v) is 8.50. The number of nitrogens with one attached hydrogen (secondary N) is 1. The monoisotopic (exact) mass is 383 g/mol. The van der Waals surface area contributed by atoms with E-state index in [2.05, 4.69) is 27.3 Å². The van der Waals surface area contributed by atoms with Gasteiger partial charge in [0.15, 0.2) is 11.5 Å². The zero-order chi connectivity index (χ0) is 15.9. The molecule has 0 aliphatic rings. The molecular weight excluding hydrogens is 366 g/mol. The fourth-order valence-electron chi connectivity index (χ4n) is 2.05. The molecule has 0 saturated carbocycles. The van der Waals surface area contributed by atoms with Gasteiger partial charge in [-0.05, 0) is 35.6 Å². The Bertz CT molecular complexity index is 629. The predicted octanol–water partition coefficient (Wildman–Crippen LogP) is 3.43. The molecule has 0 bridgehead atoms. The van der Waals surface area contributed by atoms with Crippen molar-refractivity contribution in [2.45, 2.75) is 12.8 Å². The molecule has 0 saturated heterocycles. The second kappa shape index (κ2) is 8.19. The molecule has 0 aliphatic carbocycles. The Kier molecular flexibility index (Phi) is 6.27. The van der Waals surface area contributed by atoms with Gasteiger partial charge in [-0.15, -0.1) is 11.3 Å². The van der Waals surface area contributed by atoms with Gasteiger partial charge in [0.2, 0.25) is 5.91 Å². The highest BCUT2D eigenvalue weighted by atomic mass is 79.9. The van der Waals surface area contributed by atoms with Crippen LogP contribution >= 0.6 is 27.3 Å². The summed E-state index contributed by atoms with van der Waals surface area (Å²) >= 11 is 5.17. The largest absolute Gasteiger partial charge is 0.493 e. The quantitative estimate of drug-likeness (QED) is 0.796. The van der Waals surface area contributed by atoms with Crippen molar-refractivity contribution in [2.24, 2.45) is 0 Å². The van der Waals surface area contributed by atoms with Gasteiger partial charge in [-0.3, -0.25) is 4.79 Å². The number of hydrogen-bond donors (Lipinski definition) is 1. The third-order valence-electron chi connectivity index (χ3n) is 3.18. The van der Waals surface area contributed by atoms with Crippen molar-refractivity contribution in [3.63, 3.8) is 0 Å². The van der Waals surface area contributed by atoms with Crippen molar-refractivity contribution in [2.75, 3.05) is 20.8 Å². The second-order valence-corrected chi connectivity index (χ2v) is 6.54. The first-order valence-electron chi connectivity index (χ1n) is 6.83. The van der Waals surface area contributed by atoms with Crippen LogP contribution in [0.15, 0.2) is 34.1 Å². The smallest absolute Gasteiger partial charge is 0.224 e. The van der Waals surface area contributed by atoms with E-state index in [0.717, 1.165) is 16.5 Å². The Labute approximate surface area is 142 Å². The highest BCUT2D eigenvalue weighted by Crippen LogP contribution is 2.33. The lowest BCUT2D eigenvalue weighted by molar-refractivity contribution is -0.120. The molecule has 1 N–H and O–H groups in total. The molecule has 6 heteroatoms. The van der Waals surface area contributed by atoms with Crippen LogP contribution in [0.4, 0.5) is 0 Å². The third-order valence-corrected chi connectivity index (χ3v) is 4.85. The predicted molar refractivity (Wildman–Crippen MR) is 92.0 cm³/mol. The van der Waals surface area contributed by atoms with E-state index in [9.17, 15) is 4.79 Å². The standard InChI is InChI=1S/C16H18BrNO3S/c1-20-14-8-11(13(17)10-15(14)21-2)9-16(19)18-6-5-12-4-3-7-22-12/h3-4,7-8,10H,5-6,9H2,1-2H3,(H,18,19). The van der Waals surface area contributed by atoms with E-state index in [0.29, 0.717) is 24.5 Å². The second-order valence-electron chi connectivity index (χ2n) is 4.65. The summed E-state index contributed by atoms with van der Waals surface area (Å²) in [6.45, 7) is 0.643. The van der Waals surface area contributed by atoms with Crippen LogP contribution in [-0.2, 0) is 17.6 Å². The lowest BCUT2D eigenvalue weighted by Gasteiger charge is -2.12. The van der Waals surface area contributed by atoms with Crippen LogP contribution in [0.5, 0.6) is 11.5 Å². The van der Waals surface area contributed by atoms with Crippen molar-refractivity contribution in [1.82, 2.24) is 5.32 Å². The lowest BCUT2D eigenvalue weighted by Crippen LogP contribution is -2.27. The van der Waals surface area contributed by atoms with Crippen molar-refractivity contribution in [1.29, 1.82) is 0 Å². The highest BCUT2D eigenvalue weighted by molar-refractivity contribution is 9.10. The molecule has 0 spiro atoms. The minimum atomic E-state index is -0.00974. The third kappa shape index (κ3) is 4.48. The summed E-state index contributed by atoms with van der Waals surface area (Å²) in [6, 6.07) is 7.72. The normalized spacial score (nSPS) is 10.3. The number of halogens is 1. The molecule has 0 radical (unpaired) electrons. The maximum Gasteiger partial charge on any atom is 0.224 e. The molecular formula is C16H18BrNO3S. The molecule has 1 amide bonds. The van der Waals surface area contributed by atoms with E-state index < -0.39 is 0 Å². The zero-order valence-electron chi connectivity index (χ0n) is 12.5. The number of carbonyl (C=O) groups excluding carboxylic acids is 1. The van der Waals surface area contributed by atoms with Crippen LogP contribution in [0.1, 0.15) is 10.4 Å². The molecule has 0 fully saturated rings. The van der Waals surface area contributed by atoms with Crippen molar-refractivity contribution in [3.8, 4) is 11.5 Å². The maximum atomic E-state index is 12.0. The molecule has 1 aromatic carbocycles. The average molecular weight is 384 g/mol. The lowest BCUT2D eigenvalue weighted by atomic mass is 10.1. The Morgan fingerprint density at radius 3 is 2.64 bits per heavy atom. The molecule has 1 heterocycles. The van der Waals surface area contributed by atoms with Gasteiger partial charge in [0, 0.05) is 15.9 Å². The van der Waals surface area contributed by atoms with Crippen LogP contribution in [0, 0.1) is 0 Å². The number of ether oxygens (including phenoxy) is 2. The summed E-state index contributed by atoms with van der Waals surface area (Å²) in [6.07, 6.45) is 1.15. The van der Waals surface area contributed by atoms with E-state index in [1.54, 1.807) is 25.6 Å². The number of methoxy groups -OCH3 is 2. The summed E-state index contributed by atoms with van der Waals surface area (Å²) in [7, 11) is 3.16. The molecule has 1 aromatic heterocycles. The fraction of sp³-hybridized carbons (Fsp3) is 0.312. The molecule has 0 aliphatic heterocycles. The van der Waals surface area contributed by atoms with Crippen LogP contribution in [0.2, 0.25) is 0 Å². The first-order chi connectivity index (χ1) is 10.6. The molecule has 0 unspecified atom stereocenters. The van der Waals surface area contributed by atoms with Gasteiger partial charge in [0.25, 0.3) is 0 Å². The Hall–Kier alpha value is -1.53. The van der Waals surface area contributed by atoms with Crippen molar-refractivity contribution < 1.29 is 14.3 Å². The first kappa shape index (κ1) is 16.8. The zero-order valence-corrected chi connectivity index (χ0v) is 14.9. The molecule has 22 heavy (non-hydrogen) atoms. The maximum absolute atomic E-state index is 12.0. The van der Waals surface area contributed by atoms with Gasteiger partial charge in [-0.2, -0.15) is 0 Å². The van der Waals surface area contributed by atoms with E-state index >= 15 is 0 Å².